The second kappa shape index (κ2) is 6.35. The van der Waals surface area contributed by atoms with Crippen LogP contribution >= 0.6 is 0 Å². The van der Waals surface area contributed by atoms with Crippen LogP contribution in [0.25, 0.3) is 0 Å². The van der Waals surface area contributed by atoms with Crippen LogP contribution in [-0.4, -0.2) is 40.2 Å². The predicted molar refractivity (Wildman–Crippen MR) is 97.7 cm³/mol. The third-order valence-electron chi connectivity index (χ3n) is 5.42. The Bertz CT molecular complexity index is 980. The fourth-order valence-corrected chi connectivity index (χ4v) is 5.48. The molecule has 1 aliphatic heterocycles. The SMILES string of the molecule is Cc1ccccc1S(=O)(=O)N1CCC(n2c(C3CC3)nn(C)c2=O)CC1. The summed E-state index contributed by atoms with van der Waals surface area (Å²) in [5, 5.41) is 4.41. The van der Waals surface area contributed by atoms with Crippen molar-refractivity contribution in [2.24, 2.45) is 7.05 Å². The van der Waals surface area contributed by atoms with Crippen LogP contribution < -0.4 is 5.69 Å². The summed E-state index contributed by atoms with van der Waals surface area (Å²) < 4.78 is 30.7. The molecule has 2 aliphatic rings. The third kappa shape index (κ3) is 2.91. The van der Waals surface area contributed by atoms with E-state index in [4.69, 9.17) is 0 Å². The molecule has 2 aromatic rings. The maximum absolute atomic E-state index is 12.9. The van der Waals surface area contributed by atoms with Gasteiger partial charge in [0.15, 0.2) is 0 Å². The predicted octanol–water partition coefficient (Wildman–Crippen LogP) is 1.79. The quantitative estimate of drug-likeness (QED) is 0.815. The van der Waals surface area contributed by atoms with Crippen molar-refractivity contribution in [3.8, 4) is 0 Å². The molecule has 4 rings (SSSR count). The molecule has 2 fully saturated rings. The number of nitrogens with zero attached hydrogens (tertiary/aromatic N) is 4. The van der Waals surface area contributed by atoms with Gasteiger partial charge in [-0.1, -0.05) is 18.2 Å². The molecular formula is C18H24N4O3S. The topological polar surface area (TPSA) is 77.2 Å². The lowest BCUT2D eigenvalue weighted by Crippen LogP contribution is -2.41. The monoisotopic (exact) mass is 376 g/mol. The zero-order chi connectivity index (χ0) is 18.5. The van der Waals surface area contributed by atoms with Gasteiger partial charge in [0.25, 0.3) is 0 Å². The molecule has 0 atom stereocenters. The first-order chi connectivity index (χ1) is 12.4. The van der Waals surface area contributed by atoms with E-state index in [2.05, 4.69) is 5.10 Å². The second-order valence-electron chi connectivity index (χ2n) is 7.31. The van der Waals surface area contributed by atoms with Crippen molar-refractivity contribution in [1.82, 2.24) is 18.7 Å². The zero-order valence-corrected chi connectivity index (χ0v) is 15.9. The van der Waals surface area contributed by atoms with Gasteiger partial charge in [0.05, 0.1) is 4.90 Å². The highest BCUT2D eigenvalue weighted by Gasteiger charge is 2.36. The summed E-state index contributed by atoms with van der Waals surface area (Å²) in [6, 6.07) is 7.10. The van der Waals surface area contributed by atoms with Crippen molar-refractivity contribution in [1.29, 1.82) is 0 Å². The van der Waals surface area contributed by atoms with Gasteiger partial charge in [0, 0.05) is 32.1 Å². The van der Waals surface area contributed by atoms with E-state index in [1.54, 1.807) is 23.5 Å². The van der Waals surface area contributed by atoms with Gasteiger partial charge >= 0.3 is 5.69 Å². The molecule has 1 aromatic carbocycles. The highest BCUT2D eigenvalue weighted by Crippen LogP contribution is 2.40. The average Bonchev–Trinajstić information content (AvgIpc) is 3.42. The molecule has 140 valence electrons. The van der Waals surface area contributed by atoms with E-state index in [0.717, 1.165) is 24.2 Å². The molecule has 0 unspecified atom stereocenters. The van der Waals surface area contributed by atoms with Crippen molar-refractivity contribution >= 4 is 10.0 Å². The minimum atomic E-state index is -3.49. The first-order valence-electron chi connectivity index (χ1n) is 9.11. The molecule has 0 radical (unpaired) electrons. The van der Waals surface area contributed by atoms with Gasteiger partial charge in [-0.3, -0.25) is 4.57 Å². The van der Waals surface area contributed by atoms with E-state index in [9.17, 15) is 13.2 Å². The van der Waals surface area contributed by atoms with Crippen LogP contribution in [0.2, 0.25) is 0 Å². The van der Waals surface area contributed by atoms with Gasteiger partial charge in [-0.25, -0.2) is 17.9 Å². The Labute approximate surface area is 153 Å². The molecule has 1 aromatic heterocycles. The van der Waals surface area contributed by atoms with Crippen molar-refractivity contribution in [3.63, 3.8) is 0 Å². The number of piperidine rings is 1. The van der Waals surface area contributed by atoms with Crippen molar-refractivity contribution < 1.29 is 8.42 Å². The molecule has 0 N–H and O–H groups in total. The fraction of sp³-hybridized carbons (Fsp3) is 0.556. The molecule has 1 saturated heterocycles. The van der Waals surface area contributed by atoms with Crippen LogP contribution in [0.3, 0.4) is 0 Å². The summed E-state index contributed by atoms with van der Waals surface area (Å²) in [6.07, 6.45) is 3.43. The summed E-state index contributed by atoms with van der Waals surface area (Å²) in [7, 11) is -1.81. The molecule has 0 spiro atoms. The van der Waals surface area contributed by atoms with E-state index < -0.39 is 10.0 Å². The standard InChI is InChI=1S/C18H24N4O3S/c1-13-5-3-4-6-16(13)26(24,25)21-11-9-15(10-12-21)22-17(14-7-8-14)19-20(2)18(22)23/h3-6,14-15H,7-12H2,1-2H3. The first kappa shape index (κ1) is 17.5. The largest absolute Gasteiger partial charge is 0.345 e. The molecular weight excluding hydrogens is 352 g/mol. The number of benzene rings is 1. The summed E-state index contributed by atoms with van der Waals surface area (Å²) in [4.78, 5) is 12.9. The highest BCUT2D eigenvalue weighted by molar-refractivity contribution is 7.89. The lowest BCUT2D eigenvalue weighted by atomic mass is 10.1. The summed E-state index contributed by atoms with van der Waals surface area (Å²) >= 11 is 0. The van der Waals surface area contributed by atoms with Gasteiger partial charge in [0.2, 0.25) is 10.0 Å². The van der Waals surface area contributed by atoms with E-state index in [-0.39, 0.29) is 11.7 Å². The number of aryl methyl sites for hydroxylation is 2. The number of sulfonamides is 1. The summed E-state index contributed by atoms with van der Waals surface area (Å²) in [6.45, 7) is 2.66. The molecule has 1 aliphatic carbocycles. The molecule has 2 heterocycles. The van der Waals surface area contributed by atoms with Gasteiger partial charge in [-0.2, -0.15) is 9.40 Å². The van der Waals surface area contributed by atoms with Crippen molar-refractivity contribution in [2.75, 3.05) is 13.1 Å². The number of aromatic nitrogens is 3. The lowest BCUT2D eigenvalue weighted by Gasteiger charge is -2.32. The molecule has 0 amide bonds. The molecule has 8 heteroatoms. The first-order valence-corrected chi connectivity index (χ1v) is 10.5. The Hall–Kier alpha value is -1.93. The van der Waals surface area contributed by atoms with Crippen LogP contribution in [0.1, 0.15) is 49.0 Å². The van der Waals surface area contributed by atoms with Gasteiger partial charge < -0.3 is 0 Å². The van der Waals surface area contributed by atoms with Crippen molar-refractivity contribution in [2.45, 2.75) is 49.5 Å². The number of rotatable bonds is 4. The van der Waals surface area contributed by atoms with E-state index in [0.29, 0.717) is 36.7 Å². The van der Waals surface area contributed by atoms with E-state index in [1.807, 2.05) is 23.6 Å². The van der Waals surface area contributed by atoms with Crippen LogP contribution in [0.15, 0.2) is 34.0 Å². The second-order valence-corrected chi connectivity index (χ2v) is 9.22. The Balaban J connectivity index is 1.55. The van der Waals surface area contributed by atoms with Crippen LogP contribution in [0.5, 0.6) is 0 Å². The minimum absolute atomic E-state index is 0.0233. The molecule has 26 heavy (non-hydrogen) atoms. The Morgan fingerprint density at radius 2 is 1.73 bits per heavy atom. The summed E-state index contributed by atoms with van der Waals surface area (Å²) in [5.41, 5.74) is 0.668. The van der Waals surface area contributed by atoms with Crippen LogP contribution in [0.4, 0.5) is 0 Å². The van der Waals surface area contributed by atoms with Gasteiger partial charge in [-0.05, 0) is 44.2 Å². The third-order valence-corrected chi connectivity index (χ3v) is 7.48. The van der Waals surface area contributed by atoms with Crippen LogP contribution in [-0.2, 0) is 17.1 Å². The smallest absolute Gasteiger partial charge is 0.275 e. The molecule has 7 nitrogen and oxygen atoms in total. The van der Waals surface area contributed by atoms with Crippen molar-refractivity contribution in [3.05, 3.63) is 46.1 Å². The van der Waals surface area contributed by atoms with Gasteiger partial charge in [0.1, 0.15) is 5.82 Å². The fourth-order valence-electron chi connectivity index (χ4n) is 3.79. The maximum Gasteiger partial charge on any atom is 0.345 e. The van der Waals surface area contributed by atoms with E-state index >= 15 is 0 Å². The molecule has 1 saturated carbocycles. The van der Waals surface area contributed by atoms with Crippen LogP contribution in [0, 0.1) is 6.92 Å². The number of hydrogen-bond donors (Lipinski definition) is 0. The number of hydrogen-bond acceptors (Lipinski definition) is 4. The highest BCUT2D eigenvalue weighted by atomic mass is 32.2. The normalized spacial score (nSPS) is 19.8. The average molecular weight is 376 g/mol. The lowest BCUT2D eigenvalue weighted by molar-refractivity contribution is 0.266. The summed E-state index contributed by atoms with van der Waals surface area (Å²) in [5.74, 6) is 1.26. The maximum atomic E-state index is 12.9. The Kier molecular flexibility index (Phi) is 4.27. The minimum Gasteiger partial charge on any atom is -0.275 e. The van der Waals surface area contributed by atoms with E-state index in [1.165, 1.54) is 4.68 Å². The Morgan fingerprint density at radius 3 is 2.35 bits per heavy atom. The van der Waals surface area contributed by atoms with Gasteiger partial charge in [-0.15, -0.1) is 0 Å². The zero-order valence-electron chi connectivity index (χ0n) is 15.1. The Morgan fingerprint density at radius 1 is 1.08 bits per heavy atom. The molecule has 0 bridgehead atoms.